The quantitative estimate of drug-likeness (QED) is 0.736. The maximum atomic E-state index is 12.8. The molecule has 0 aliphatic carbocycles. The van der Waals surface area contributed by atoms with Crippen molar-refractivity contribution in [2.45, 2.75) is 24.3 Å². The van der Waals surface area contributed by atoms with E-state index in [0.717, 1.165) is 4.47 Å². The summed E-state index contributed by atoms with van der Waals surface area (Å²) in [5, 5.41) is 0. The van der Waals surface area contributed by atoms with Gasteiger partial charge in [0, 0.05) is 28.6 Å². The van der Waals surface area contributed by atoms with Crippen LogP contribution in [-0.2, 0) is 14.8 Å². The van der Waals surface area contributed by atoms with Crippen LogP contribution < -0.4 is 5.73 Å². The summed E-state index contributed by atoms with van der Waals surface area (Å²) in [5.74, 6) is 0. The molecule has 112 valence electrons. The third-order valence-corrected chi connectivity index (χ3v) is 6.38. The van der Waals surface area contributed by atoms with Crippen LogP contribution in [0.25, 0.3) is 0 Å². The van der Waals surface area contributed by atoms with E-state index in [1.807, 2.05) is 6.92 Å². The lowest BCUT2D eigenvalue weighted by Crippen LogP contribution is -2.36. The highest BCUT2D eigenvalue weighted by Gasteiger charge is 2.31. The molecule has 0 saturated carbocycles. The second kappa shape index (κ2) is 6.31. The van der Waals surface area contributed by atoms with E-state index in [4.69, 9.17) is 10.5 Å². The summed E-state index contributed by atoms with van der Waals surface area (Å²) in [6.07, 6.45) is 0.556. The average Bonchev–Trinajstić information content (AvgIpc) is 2.52. The highest BCUT2D eigenvalue weighted by Crippen LogP contribution is 2.34. The number of nitrogens with two attached hydrogens (primary N) is 1. The molecule has 2 rings (SSSR count). The second-order valence-corrected chi connectivity index (χ2v) is 8.35. The van der Waals surface area contributed by atoms with Crippen LogP contribution >= 0.6 is 31.9 Å². The number of benzene rings is 1. The number of nitrogens with zero attached hydrogens (tertiary/aromatic N) is 1. The molecule has 2 N–H and O–H groups in total. The minimum absolute atomic E-state index is 0.120. The van der Waals surface area contributed by atoms with Gasteiger partial charge in [-0.05, 0) is 41.4 Å². The Bertz CT molecular complexity index is 584. The monoisotopic (exact) mass is 426 g/mol. The Morgan fingerprint density at radius 2 is 2.10 bits per heavy atom. The van der Waals surface area contributed by atoms with E-state index in [2.05, 4.69) is 31.9 Å². The number of hydrogen-bond acceptors (Lipinski definition) is 4. The predicted molar refractivity (Wildman–Crippen MR) is 85.0 cm³/mol. The molecular weight excluding hydrogens is 412 g/mol. The zero-order valence-corrected chi connectivity index (χ0v) is 15.0. The Morgan fingerprint density at radius 1 is 1.40 bits per heavy atom. The Kier molecular flexibility index (Phi) is 5.12. The van der Waals surface area contributed by atoms with Crippen LogP contribution in [0.2, 0.25) is 0 Å². The summed E-state index contributed by atoms with van der Waals surface area (Å²) < 4.78 is 33.7. The fourth-order valence-corrected chi connectivity index (χ4v) is 5.72. The number of halogens is 2. The predicted octanol–water partition coefficient (Wildman–Crippen LogP) is 2.59. The Hall–Kier alpha value is -0.150. The van der Waals surface area contributed by atoms with Crippen LogP contribution in [0.3, 0.4) is 0 Å². The molecule has 1 unspecified atom stereocenters. The maximum absolute atomic E-state index is 12.8. The minimum atomic E-state index is -3.64. The van der Waals surface area contributed by atoms with E-state index in [1.54, 1.807) is 12.1 Å². The first-order valence-corrected chi connectivity index (χ1v) is 9.21. The van der Waals surface area contributed by atoms with Crippen LogP contribution in [0.15, 0.2) is 26.0 Å². The van der Waals surface area contributed by atoms with Crippen LogP contribution in [0.4, 0.5) is 5.69 Å². The number of hydrogen-bond donors (Lipinski definition) is 1. The largest absolute Gasteiger partial charge is 0.398 e. The molecule has 1 aliphatic rings. The van der Waals surface area contributed by atoms with Crippen molar-refractivity contribution >= 4 is 47.6 Å². The number of anilines is 1. The summed E-state index contributed by atoms with van der Waals surface area (Å²) in [6, 6.07) is 3.27. The van der Waals surface area contributed by atoms with Gasteiger partial charge in [-0.2, -0.15) is 4.31 Å². The smallest absolute Gasteiger partial charge is 0.246 e. The van der Waals surface area contributed by atoms with Crippen molar-refractivity contribution in [3.63, 3.8) is 0 Å². The van der Waals surface area contributed by atoms with E-state index >= 15 is 0 Å². The highest BCUT2D eigenvalue weighted by atomic mass is 79.9. The third-order valence-electron chi connectivity index (χ3n) is 3.05. The maximum Gasteiger partial charge on any atom is 0.246 e. The summed E-state index contributed by atoms with van der Waals surface area (Å²) in [5.41, 5.74) is 6.12. The topological polar surface area (TPSA) is 72.6 Å². The molecule has 1 fully saturated rings. The van der Waals surface area contributed by atoms with E-state index in [0.29, 0.717) is 30.6 Å². The molecule has 0 bridgehead atoms. The van der Waals surface area contributed by atoms with E-state index in [1.165, 1.54) is 4.31 Å². The molecule has 0 aromatic heterocycles. The average molecular weight is 428 g/mol. The fraction of sp³-hybridized carbons (Fsp3) is 0.500. The van der Waals surface area contributed by atoms with Crippen LogP contribution in [-0.4, -0.2) is 38.5 Å². The third kappa shape index (κ3) is 3.36. The fourth-order valence-electron chi connectivity index (χ4n) is 2.16. The van der Waals surface area contributed by atoms with Gasteiger partial charge in [-0.3, -0.25) is 0 Å². The lowest BCUT2D eigenvalue weighted by Gasteiger charge is -2.23. The molecule has 0 amide bonds. The van der Waals surface area contributed by atoms with Gasteiger partial charge in [0.15, 0.2) is 0 Å². The molecule has 1 atom stereocenters. The van der Waals surface area contributed by atoms with E-state index in [9.17, 15) is 8.42 Å². The summed E-state index contributed by atoms with van der Waals surface area (Å²) in [4.78, 5) is 0.120. The lowest BCUT2D eigenvalue weighted by atomic mass is 10.3. The van der Waals surface area contributed by atoms with Crippen molar-refractivity contribution in [3.05, 3.63) is 21.1 Å². The summed E-state index contributed by atoms with van der Waals surface area (Å²) >= 11 is 6.58. The van der Waals surface area contributed by atoms with Gasteiger partial charge in [0.05, 0.1) is 11.8 Å². The minimum Gasteiger partial charge on any atom is -0.398 e. The van der Waals surface area contributed by atoms with Gasteiger partial charge < -0.3 is 10.5 Å². The van der Waals surface area contributed by atoms with Gasteiger partial charge >= 0.3 is 0 Å². The number of nitrogen functional groups attached to an aromatic ring is 1. The SMILES string of the molecule is CC1CN(S(=O)(=O)c2c(N)cc(Br)cc2Br)CCCO1. The van der Waals surface area contributed by atoms with E-state index < -0.39 is 10.0 Å². The van der Waals surface area contributed by atoms with E-state index in [-0.39, 0.29) is 16.7 Å². The van der Waals surface area contributed by atoms with Crippen LogP contribution in [0.1, 0.15) is 13.3 Å². The lowest BCUT2D eigenvalue weighted by molar-refractivity contribution is 0.0752. The molecule has 1 aromatic carbocycles. The first kappa shape index (κ1) is 16.2. The second-order valence-electron chi connectivity index (χ2n) is 4.70. The van der Waals surface area contributed by atoms with Gasteiger partial charge in [-0.25, -0.2) is 8.42 Å². The summed E-state index contributed by atoms with van der Waals surface area (Å²) in [7, 11) is -3.64. The number of rotatable bonds is 2. The first-order valence-electron chi connectivity index (χ1n) is 6.18. The van der Waals surface area contributed by atoms with Gasteiger partial charge in [0.1, 0.15) is 4.90 Å². The summed E-state index contributed by atoms with van der Waals surface area (Å²) in [6.45, 7) is 3.22. The molecule has 5 nitrogen and oxygen atoms in total. The molecular formula is C12H16Br2N2O3S. The van der Waals surface area contributed by atoms with Crippen molar-refractivity contribution < 1.29 is 13.2 Å². The molecule has 1 saturated heterocycles. The Balaban J connectivity index is 2.44. The normalized spacial score (nSPS) is 21.6. The zero-order chi connectivity index (χ0) is 14.9. The number of ether oxygens (including phenoxy) is 1. The molecule has 0 spiro atoms. The molecule has 8 heteroatoms. The van der Waals surface area contributed by atoms with Gasteiger partial charge in [0.2, 0.25) is 10.0 Å². The number of sulfonamides is 1. The van der Waals surface area contributed by atoms with Crippen molar-refractivity contribution in [1.29, 1.82) is 0 Å². The van der Waals surface area contributed by atoms with Crippen LogP contribution in [0.5, 0.6) is 0 Å². The van der Waals surface area contributed by atoms with Crippen LogP contribution in [0, 0.1) is 0 Å². The van der Waals surface area contributed by atoms with Crippen molar-refractivity contribution in [2.24, 2.45) is 0 Å². The Morgan fingerprint density at radius 3 is 2.75 bits per heavy atom. The molecule has 1 aromatic rings. The Labute approximate surface area is 135 Å². The van der Waals surface area contributed by atoms with Gasteiger partial charge in [0.25, 0.3) is 0 Å². The van der Waals surface area contributed by atoms with Gasteiger partial charge in [-0.15, -0.1) is 0 Å². The molecule has 1 aliphatic heterocycles. The molecule has 20 heavy (non-hydrogen) atoms. The van der Waals surface area contributed by atoms with Gasteiger partial charge in [-0.1, -0.05) is 15.9 Å². The molecule has 1 heterocycles. The standard InChI is InChI=1S/C12H16Br2N2O3S/c1-8-7-16(3-2-4-19-8)20(17,18)12-10(14)5-9(13)6-11(12)15/h5-6,8H,2-4,7,15H2,1H3. The van der Waals surface area contributed by atoms with Crippen molar-refractivity contribution in [1.82, 2.24) is 4.31 Å². The highest BCUT2D eigenvalue weighted by molar-refractivity contribution is 9.11. The zero-order valence-electron chi connectivity index (χ0n) is 11.0. The first-order chi connectivity index (χ1) is 9.32. The van der Waals surface area contributed by atoms with Crippen molar-refractivity contribution in [2.75, 3.05) is 25.4 Å². The molecule has 0 radical (unpaired) electrons. The van der Waals surface area contributed by atoms with Crippen molar-refractivity contribution in [3.8, 4) is 0 Å².